The normalized spacial score (nSPS) is 18.3. The number of halogens is 2. The molecular formula is C19H19ClFNO4S. The molecule has 0 N–H and O–H groups in total. The summed E-state index contributed by atoms with van der Waals surface area (Å²) < 4.78 is 45.2. The van der Waals surface area contributed by atoms with Gasteiger partial charge in [0, 0.05) is 13.1 Å². The third-order valence-electron chi connectivity index (χ3n) is 4.47. The second-order valence-electron chi connectivity index (χ2n) is 6.51. The summed E-state index contributed by atoms with van der Waals surface area (Å²) in [7, 11) is -3.80. The number of rotatable bonds is 4. The van der Waals surface area contributed by atoms with Gasteiger partial charge in [-0.2, -0.15) is 4.31 Å². The summed E-state index contributed by atoms with van der Waals surface area (Å²) in [6, 6.07) is 9.75. The molecule has 1 aliphatic rings. The average Bonchev–Trinajstić information content (AvgIpc) is 2.65. The third-order valence-corrected chi connectivity index (χ3v) is 6.66. The van der Waals surface area contributed by atoms with E-state index in [-0.39, 0.29) is 17.2 Å². The number of sulfonamides is 1. The van der Waals surface area contributed by atoms with Crippen LogP contribution in [0.5, 0.6) is 5.75 Å². The number of piperidine rings is 1. The van der Waals surface area contributed by atoms with Crippen molar-refractivity contribution in [1.29, 1.82) is 0 Å². The molecule has 5 nitrogen and oxygen atoms in total. The van der Waals surface area contributed by atoms with E-state index in [9.17, 15) is 17.6 Å². The standard InChI is InChI=1S/C19H19ClFNO4S/c1-13-4-9-17(20)18(11-13)26-19(23)14-3-2-10-22(12-14)27(24,25)16-7-5-15(21)6-8-16/h4-9,11,14H,2-3,10,12H2,1H3. The minimum absolute atomic E-state index is 0.000328. The Kier molecular flexibility index (Phi) is 5.83. The Morgan fingerprint density at radius 3 is 2.63 bits per heavy atom. The Labute approximate surface area is 162 Å². The van der Waals surface area contributed by atoms with Crippen LogP contribution in [0.3, 0.4) is 0 Å². The lowest BCUT2D eigenvalue weighted by Gasteiger charge is -2.30. The van der Waals surface area contributed by atoms with E-state index in [0.29, 0.717) is 24.4 Å². The quantitative estimate of drug-likeness (QED) is 0.567. The van der Waals surface area contributed by atoms with Crippen LogP contribution in [0, 0.1) is 18.7 Å². The lowest BCUT2D eigenvalue weighted by Crippen LogP contribution is -2.43. The molecule has 27 heavy (non-hydrogen) atoms. The molecule has 2 aromatic carbocycles. The van der Waals surface area contributed by atoms with Gasteiger partial charge < -0.3 is 4.74 Å². The van der Waals surface area contributed by atoms with E-state index in [2.05, 4.69) is 0 Å². The minimum Gasteiger partial charge on any atom is -0.425 e. The van der Waals surface area contributed by atoms with Gasteiger partial charge in [-0.3, -0.25) is 4.79 Å². The average molecular weight is 412 g/mol. The van der Waals surface area contributed by atoms with Crippen molar-refractivity contribution in [2.45, 2.75) is 24.7 Å². The highest BCUT2D eigenvalue weighted by Crippen LogP contribution is 2.29. The van der Waals surface area contributed by atoms with E-state index >= 15 is 0 Å². The summed E-state index contributed by atoms with van der Waals surface area (Å²) in [5.41, 5.74) is 0.895. The lowest BCUT2D eigenvalue weighted by molar-refractivity contribution is -0.140. The Hall–Kier alpha value is -1.96. The fraction of sp³-hybridized carbons (Fsp3) is 0.316. The molecule has 2 aromatic rings. The van der Waals surface area contributed by atoms with Gasteiger partial charge in [-0.1, -0.05) is 17.7 Å². The number of hydrogen-bond donors (Lipinski definition) is 0. The summed E-state index contributed by atoms with van der Waals surface area (Å²) in [6.07, 6.45) is 1.06. The van der Waals surface area contributed by atoms with Crippen LogP contribution in [0.2, 0.25) is 5.02 Å². The predicted octanol–water partition coefficient (Wildman–Crippen LogP) is 3.79. The first-order valence-electron chi connectivity index (χ1n) is 8.51. The summed E-state index contributed by atoms with van der Waals surface area (Å²) in [6.45, 7) is 2.17. The zero-order valence-electron chi connectivity index (χ0n) is 14.7. The Morgan fingerprint density at radius 1 is 1.22 bits per heavy atom. The van der Waals surface area contributed by atoms with Crippen molar-refractivity contribution in [3.63, 3.8) is 0 Å². The topological polar surface area (TPSA) is 63.7 Å². The Balaban J connectivity index is 1.74. The zero-order chi connectivity index (χ0) is 19.6. The van der Waals surface area contributed by atoms with Gasteiger partial charge in [-0.15, -0.1) is 0 Å². The van der Waals surface area contributed by atoms with Crippen LogP contribution in [-0.4, -0.2) is 31.8 Å². The number of carbonyl (C=O) groups excluding carboxylic acids is 1. The monoisotopic (exact) mass is 411 g/mol. The molecule has 0 bridgehead atoms. The molecule has 0 saturated carbocycles. The smallest absolute Gasteiger partial charge is 0.315 e. The summed E-state index contributed by atoms with van der Waals surface area (Å²) in [5.74, 6) is -1.35. The predicted molar refractivity (Wildman–Crippen MR) is 99.7 cm³/mol. The maximum atomic E-state index is 13.1. The second kappa shape index (κ2) is 7.96. The van der Waals surface area contributed by atoms with E-state index < -0.39 is 27.7 Å². The molecule has 0 aromatic heterocycles. The number of nitrogens with zero attached hydrogens (tertiary/aromatic N) is 1. The lowest BCUT2D eigenvalue weighted by atomic mass is 10.00. The molecular weight excluding hydrogens is 393 g/mol. The van der Waals surface area contributed by atoms with Gasteiger partial charge in [0.2, 0.25) is 10.0 Å². The van der Waals surface area contributed by atoms with Crippen LogP contribution in [0.25, 0.3) is 0 Å². The molecule has 8 heteroatoms. The largest absolute Gasteiger partial charge is 0.425 e. The molecule has 144 valence electrons. The van der Waals surface area contributed by atoms with Gasteiger partial charge in [0.25, 0.3) is 0 Å². The maximum absolute atomic E-state index is 13.1. The molecule has 1 heterocycles. The molecule has 1 fully saturated rings. The van der Waals surface area contributed by atoms with Gasteiger partial charge in [0.1, 0.15) is 11.6 Å². The fourth-order valence-electron chi connectivity index (χ4n) is 2.99. The van der Waals surface area contributed by atoms with E-state index in [1.807, 2.05) is 6.92 Å². The van der Waals surface area contributed by atoms with Gasteiger partial charge in [0.15, 0.2) is 0 Å². The second-order valence-corrected chi connectivity index (χ2v) is 8.86. The highest BCUT2D eigenvalue weighted by molar-refractivity contribution is 7.89. The molecule has 1 saturated heterocycles. The molecule has 3 rings (SSSR count). The van der Waals surface area contributed by atoms with Crippen molar-refractivity contribution in [2.24, 2.45) is 5.92 Å². The van der Waals surface area contributed by atoms with Crippen molar-refractivity contribution in [2.75, 3.05) is 13.1 Å². The first-order chi connectivity index (χ1) is 12.8. The fourth-order valence-corrected chi connectivity index (χ4v) is 4.67. The molecule has 0 aliphatic carbocycles. The van der Waals surface area contributed by atoms with Crippen LogP contribution in [0.15, 0.2) is 47.4 Å². The number of carbonyl (C=O) groups is 1. The summed E-state index contributed by atoms with van der Waals surface area (Å²) >= 11 is 6.06. The van der Waals surface area contributed by atoms with E-state index in [1.54, 1.807) is 18.2 Å². The van der Waals surface area contributed by atoms with Crippen LogP contribution >= 0.6 is 11.6 Å². The number of benzene rings is 2. The maximum Gasteiger partial charge on any atom is 0.315 e. The van der Waals surface area contributed by atoms with Crippen molar-refractivity contribution >= 4 is 27.6 Å². The number of aryl methyl sites for hydroxylation is 1. The molecule has 1 atom stereocenters. The molecule has 0 spiro atoms. The van der Waals surface area contributed by atoms with Crippen LogP contribution in [-0.2, 0) is 14.8 Å². The Morgan fingerprint density at radius 2 is 1.93 bits per heavy atom. The van der Waals surface area contributed by atoms with Crippen molar-refractivity contribution < 1.29 is 22.3 Å². The number of esters is 1. The van der Waals surface area contributed by atoms with Crippen LogP contribution in [0.4, 0.5) is 4.39 Å². The van der Waals surface area contributed by atoms with Crippen LogP contribution < -0.4 is 4.74 Å². The molecule has 0 amide bonds. The van der Waals surface area contributed by atoms with Gasteiger partial charge in [0.05, 0.1) is 15.8 Å². The first-order valence-corrected chi connectivity index (χ1v) is 10.3. The van der Waals surface area contributed by atoms with E-state index in [0.717, 1.165) is 17.7 Å². The first kappa shape index (κ1) is 19.8. The van der Waals surface area contributed by atoms with E-state index in [4.69, 9.17) is 16.3 Å². The molecule has 1 unspecified atom stereocenters. The minimum atomic E-state index is -3.80. The van der Waals surface area contributed by atoms with Crippen molar-refractivity contribution in [3.05, 3.63) is 58.9 Å². The molecule has 0 radical (unpaired) electrons. The summed E-state index contributed by atoms with van der Waals surface area (Å²) in [5, 5.41) is 0.320. The summed E-state index contributed by atoms with van der Waals surface area (Å²) in [4.78, 5) is 12.5. The van der Waals surface area contributed by atoms with Gasteiger partial charge >= 0.3 is 5.97 Å². The SMILES string of the molecule is Cc1ccc(Cl)c(OC(=O)C2CCCN(S(=O)(=O)c3ccc(F)cc3)C2)c1. The van der Waals surface area contributed by atoms with Crippen molar-refractivity contribution in [3.8, 4) is 5.75 Å². The highest BCUT2D eigenvalue weighted by atomic mass is 35.5. The highest BCUT2D eigenvalue weighted by Gasteiger charge is 2.34. The van der Waals surface area contributed by atoms with Gasteiger partial charge in [-0.25, -0.2) is 12.8 Å². The van der Waals surface area contributed by atoms with Crippen LogP contribution in [0.1, 0.15) is 18.4 Å². The number of ether oxygens (including phenoxy) is 1. The Bertz CT molecular complexity index is 947. The molecule has 1 aliphatic heterocycles. The van der Waals surface area contributed by atoms with E-state index in [1.165, 1.54) is 16.4 Å². The van der Waals surface area contributed by atoms with Gasteiger partial charge in [-0.05, 0) is 61.7 Å². The van der Waals surface area contributed by atoms with Crippen molar-refractivity contribution in [1.82, 2.24) is 4.31 Å². The zero-order valence-corrected chi connectivity index (χ0v) is 16.3. The third kappa shape index (κ3) is 4.48. The number of hydrogen-bond acceptors (Lipinski definition) is 4.